The van der Waals surface area contributed by atoms with Crippen molar-refractivity contribution in [1.29, 1.82) is 0 Å². The summed E-state index contributed by atoms with van der Waals surface area (Å²) in [6, 6.07) is 14.8. The van der Waals surface area contributed by atoms with Crippen LogP contribution in [0.4, 0.5) is 10.6 Å². The van der Waals surface area contributed by atoms with Gasteiger partial charge in [-0.1, -0.05) is 32.9 Å². The number of imidazole rings is 1. The Hall–Kier alpha value is -4.73. The van der Waals surface area contributed by atoms with Crippen LogP contribution < -0.4 is 11.1 Å². The van der Waals surface area contributed by atoms with E-state index in [9.17, 15) is 9.90 Å². The molecule has 0 radical (unpaired) electrons. The molecule has 4 heterocycles. The summed E-state index contributed by atoms with van der Waals surface area (Å²) >= 11 is 0. The quantitative estimate of drug-likeness (QED) is 0.281. The molecule has 36 heavy (non-hydrogen) atoms. The van der Waals surface area contributed by atoms with Crippen LogP contribution in [0.3, 0.4) is 0 Å². The lowest BCUT2D eigenvalue weighted by atomic mass is 9.82. The van der Waals surface area contributed by atoms with Crippen molar-refractivity contribution in [3.05, 3.63) is 72.7 Å². The lowest BCUT2D eigenvalue weighted by Gasteiger charge is -2.31. The van der Waals surface area contributed by atoms with Gasteiger partial charge in [-0.3, -0.25) is 9.67 Å². The highest BCUT2D eigenvalue weighted by atomic mass is 16.4. The second-order valence-corrected chi connectivity index (χ2v) is 9.57. The minimum atomic E-state index is -1.06. The number of hydrogen-bond donors (Lipinski definition) is 4. The number of fused-ring (bicyclic) bond motifs is 1. The molecule has 1 unspecified atom stereocenters. The van der Waals surface area contributed by atoms with Crippen LogP contribution >= 0.6 is 0 Å². The lowest BCUT2D eigenvalue weighted by Crippen LogP contribution is -2.35. The predicted octanol–water partition coefficient (Wildman–Crippen LogP) is 4.81. The van der Waals surface area contributed by atoms with Gasteiger partial charge in [0.15, 0.2) is 11.5 Å². The number of rotatable bonds is 5. The number of carbonyl (C=O) groups is 1. The number of H-pyrrole nitrogens is 1. The third-order valence-electron chi connectivity index (χ3n) is 6.00. The van der Waals surface area contributed by atoms with Gasteiger partial charge in [-0.25, -0.2) is 19.7 Å². The van der Waals surface area contributed by atoms with Gasteiger partial charge in [-0.05, 0) is 47.4 Å². The number of aromatic nitrogens is 6. The van der Waals surface area contributed by atoms with Gasteiger partial charge < -0.3 is 16.2 Å². The Labute approximate surface area is 207 Å². The molecule has 1 aromatic carbocycles. The Morgan fingerprint density at radius 2 is 1.89 bits per heavy atom. The first-order chi connectivity index (χ1) is 17.2. The zero-order valence-corrected chi connectivity index (χ0v) is 20.1. The molecule has 10 nitrogen and oxygen atoms in total. The van der Waals surface area contributed by atoms with Crippen molar-refractivity contribution < 1.29 is 9.90 Å². The van der Waals surface area contributed by atoms with E-state index in [4.69, 9.17) is 15.7 Å². The van der Waals surface area contributed by atoms with E-state index >= 15 is 0 Å². The maximum absolute atomic E-state index is 11.4. The predicted molar refractivity (Wildman–Crippen MR) is 137 cm³/mol. The number of benzene rings is 1. The Morgan fingerprint density at radius 1 is 1.11 bits per heavy atom. The van der Waals surface area contributed by atoms with E-state index in [2.05, 4.69) is 20.5 Å². The Morgan fingerprint density at radius 3 is 2.53 bits per heavy atom. The van der Waals surface area contributed by atoms with Gasteiger partial charge >= 0.3 is 6.09 Å². The number of nitrogen functional groups attached to an aromatic ring is 1. The average Bonchev–Trinajstić information content (AvgIpc) is 3.50. The molecule has 4 aromatic heterocycles. The van der Waals surface area contributed by atoms with E-state index < -0.39 is 6.09 Å². The lowest BCUT2D eigenvalue weighted by molar-refractivity contribution is 0.175. The molecule has 182 valence electrons. The summed E-state index contributed by atoms with van der Waals surface area (Å²) in [5, 5.41) is 18.9. The van der Waals surface area contributed by atoms with Crippen LogP contribution in [0.1, 0.15) is 32.4 Å². The van der Waals surface area contributed by atoms with Gasteiger partial charge in [0.1, 0.15) is 11.3 Å². The summed E-state index contributed by atoms with van der Waals surface area (Å²) in [6.45, 7) is 5.99. The Bertz CT molecular complexity index is 1530. The number of nitrogens with zero attached hydrogens (tertiary/aromatic N) is 5. The average molecular weight is 483 g/mol. The minimum absolute atomic E-state index is 0.321. The van der Waals surface area contributed by atoms with E-state index in [0.29, 0.717) is 28.4 Å². The van der Waals surface area contributed by atoms with E-state index in [1.165, 1.54) is 0 Å². The van der Waals surface area contributed by atoms with Crippen molar-refractivity contribution in [2.24, 2.45) is 5.41 Å². The van der Waals surface area contributed by atoms with Gasteiger partial charge in [0, 0.05) is 23.6 Å². The molecular formula is C26H26N8O2. The second-order valence-electron chi connectivity index (χ2n) is 9.57. The molecule has 0 fully saturated rings. The first-order valence-corrected chi connectivity index (χ1v) is 11.4. The third-order valence-corrected chi connectivity index (χ3v) is 6.00. The first kappa shape index (κ1) is 23.0. The fourth-order valence-electron chi connectivity index (χ4n) is 4.28. The summed E-state index contributed by atoms with van der Waals surface area (Å²) in [5.41, 5.74) is 11.2. The molecule has 1 atom stereocenters. The van der Waals surface area contributed by atoms with Crippen LogP contribution in [0.5, 0.6) is 0 Å². The van der Waals surface area contributed by atoms with E-state index in [0.717, 1.165) is 22.5 Å². The fourth-order valence-corrected chi connectivity index (χ4v) is 4.28. The molecular weight excluding hydrogens is 456 g/mol. The highest BCUT2D eigenvalue weighted by molar-refractivity contribution is 5.84. The summed E-state index contributed by atoms with van der Waals surface area (Å²) in [6.07, 6.45) is 4.07. The van der Waals surface area contributed by atoms with Crippen LogP contribution in [0.15, 0.2) is 67.1 Å². The highest BCUT2D eigenvalue weighted by Crippen LogP contribution is 2.35. The number of anilines is 1. The number of pyridine rings is 2. The Kier molecular flexibility index (Phi) is 5.63. The number of aromatic amines is 1. The molecule has 0 aliphatic heterocycles. The fraction of sp³-hybridized carbons (Fsp3) is 0.192. The van der Waals surface area contributed by atoms with Crippen molar-refractivity contribution in [2.45, 2.75) is 26.8 Å². The van der Waals surface area contributed by atoms with Gasteiger partial charge in [0.05, 0.1) is 23.5 Å². The summed E-state index contributed by atoms with van der Waals surface area (Å²) in [5.74, 6) is 0.968. The molecule has 0 saturated carbocycles. The third kappa shape index (κ3) is 4.24. The maximum Gasteiger partial charge on any atom is 0.405 e. The molecule has 5 aromatic rings. The standard InChI is InChI=1S/C26H26N8O2/c1-26(2,3)21(33-25(35)36)15-6-8-17(9-7-15)34-23(18-5-4-12-28-22(18)27)32-20-11-10-19(31-24(20)34)16-13-29-30-14-16/h4-14,21,33H,1-3H3,(H2,27,28)(H,29,30)(H,35,36). The van der Waals surface area contributed by atoms with Crippen molar-refractivity contribution in [2.75, 3.05) is 5.73 Å². The number of nitrogens with one attached hydrogen (secondary N) is 2. The van der Waals surface area contributed by atoms with E-state index in [1.54, 1.807) is 18.6 Å². The van der Waals surface area contributed by atoms with Crippen molar-refractivity contribution in [1.82, 2.24) is 35.0 Å². The van der Waals surface area contributed by atoms with Crippen LogP contribution in [-0.2, 0) is 0 Å². The summed E-state index contributed by atoms with van der Waals surface area (Å²) < 4.78 is 1.94. The van der Waals surface area contributed by atoms with E-state index in [-0.39, 0.29) is 11.5 Å². The van der Waals surface area contributed by atoms with Crippen LogP contribution in [0, 0.1) is 5.41 Å². The van der Waals surface area contributed by atoms with Gasteiger partial charge in [0.25, 0.3) is 0 Å². The van der Waals surface area contributed by atoms with Crippen LogP contribution in [0.25, 0.3) is 39.5 Å². The van der Waals surface area contributed by atoms with Crippen molar-refractivity contribution in [3.63, 3.8) is 0 Å². The number of amides is 1. The van der Waals surface area contributed by atoms with Gasteiger partial charge in [0.2, 0.25) is 0 Å². The highest BCUT2D eigenvalue weighted by Gasteiger charge is 2.28. The first-order valence-electron chi connectivity index (χ1n) is 11.4. The topological polar surface area (TPSA) is 148 Å². The van der Waals surface area contributed by atoms with Gasteiger partial charge in [-0.2, -0.15) is 5.10 Å². The molecule has 0 saturated heterocycles. The normalized spacial score (nSPS) is 12.5. The monoisotopic (exact) mass is 482 g/mol. The Balaban J connectivity index is 1.69. The number of nitrogens with two attached hydrogens (primary N) is 1. The SMILES string of the molecule is CC(C)(C)C(NC(=O)O)c1ccc(-n2c(-c3cccnc3N)nc3ccc(-c4cn[nH]c4)nc32)cc1. The largest absolute Gasteiger partial charge is 0.465 e. The molecule has 0 bridgehead atoms. The summed E-state index contributed by atoms with van der Waals surface area (Å²) in [7, 11) is 0. The van der Waals surface area contributed by atoms with Crippen molar-refractivity contribution in [3.8, 4) is 28.3 Å². The smallest absolute Gasteiger partial charge is 0.405 e. The molecule has 0 spiro atoms. The van der Waals surface area contributed by atoms with Crippen LogP contribution in [-0.4, -0.2) is 40.9 Å². The maximum atomic E-state index is 11.4. The summed E-state index contributed by atoms with van der Waals surface area (Å²) in [4.78, 5) is 25.4. The number of carboxylic acid groups (broad SMARTS) is 1. The molecule has 1 amide bonds. The van der Waals surface area contributed by atoms with Crippen molar-refractivity contribution >= 4 is 23.1 Å². The van der Waals surface area contributed by atoms with Gasteiger partial charge in [-0.15, -0.1) is 0 Å². The molecule has 0 aliphatic rings. The molecule has 5 N–H and O–H groups in total. The van der Waals surface area contributed by atoms with E-state index in [1.807, 2.05) is 73.9 Å². The molecule has 10 heteroatoms. The second kappa shape index (κ2) is 8.81. The zero-order chi connectivity index (χ0) is 25.4. The molecule has 5 rings (SSSR count). The minimum Gasteiger partial charge on any atom is -0.465 e. The van der Waals surface area contributed by atoms with Crippen LogP contribution in [0.2, 0.25) is 0 Å². The zero-order valence-electron chi connectivity index (χ0n) is 20.1. The number of hydrogen-bond acceptors (Lipinski definition) is 6. The molecule has 0 aliphatic carbocycles.